The minimum Gasteiger partial charge on any atom is -0.507 e. The molecule has 102 valence electrons. The standard InChI is InChI=1S/C16H15BrN2O/c1-10(2)19-14-6-4-3-5-13(14)18-16(19)12-8-7-11(17)9-15(12)20/h3-10,20H,1-2H3. The van der Waals surface area contributed by atoms with Crippen LogP contribution in [0, 0.1) is 0 Å². The Kier molecular flexibility index (Phi) is 3.26. The third-order valence-electron chi connectivity index (χ3n) is 3.31. The average molecular weight is 331 g/mol. The van der Waals surface area contributed by atoms with Crippen LogP contribution in [-0.4, -0.2) is 14.7 Å². The van der Waals surface area contributed by atoms with Crippen LogP contribution in [0.25, 0.3) is 22.4 Å². The Morgan fingerprint density at radius 1 is 1.15 bits per heavy atom. The zero-order valence-electron chi connectivity index (χ0n) is 11.3. The number of para-hydroxylation sites is 2. The van der Waals surface area contributed by atoms with Gasteiger partial charge in [0.15, 0.2) is 0 Å². The smallest absolute Gasteiger partial charge is 0.145 e. The molecule has 2 aromatic carbocycles. The Morgan fingerprint density at radius 3 is 2.60 bits per heavy atom. The fourth-order valence-corrected chi connectivity index (χ4v) is 2.80. The number of rotatable bonds is 2. The number of imidazole rings is 1. The summed E-state index contributed by atoms with van der Waals surface area (Å²) >= 11 is 3.36. The molecule has 0 radical (unpaired) electrons. The predicted octanol–water partition coefficient (Wildman–Crippen LogP) is 4.75. The second-order valence-corrected chi connectivity index (χ2v) is 5.97. The number of hydrogen-bond donors (Lipinski definition) is 1. The van der Waals surface area contributed by atoms with E-state index in [0.29, 0.717) is 0 Å². The number of halogens is 1. The van der Waals surface area contributed by atoms with E-state index in [4.69, 9.17) is 0 Å². The molecule has 0 aliphatic carbocycles. The van der Waals surface area contributed by atoms with Crippen molar-refractivity contribution >= 4 is 27.0 Å². The van der Waals surface area contributed by atoms with Gasteiger partial charge in [-0.2, -0.15) is 0 Å². The summed E-state index contributed by atoms with van der Waals surface area (Å²) in [4.78, 5) is 4.68. The van der Waals surface area contributed by atoms with Crippen molar-refractivity contribution in [2.75, 3.05) is 0 Å². The number of fused-ring (bicyclic) bond motifs is 1. The number of aromatic nitrogens is 2. The Balaban J connectivity index is 2.32. The average Bonchev–Trinajstić information content (AvgIpc) is 2.77. The molecule has 4 heteroatoms. The van der Waals surface area contributed by atoms with Gasteiger partial charge < -0.3 is 9.67 Å². The Hall–Kier alpha value is -1.81. The van der Waals surface area contributed by atoms with Crippen molar-refractivity contribution in [2.45, 2.75) is 19.9 Å². The summed E-state index contributed by atoms with van der Waals surface area (Å²) in [6.07, 6.45) is 0. The molecule has 0 aliphatic rings. The lowest BCUT2D eigenvalue weighted by atomic mass is 10.2. The quantitative estimate of drug-likeness (QED) is 0.736. The second kappa shape index (κ2) is 4.94. The number of phenolic OH excluding ortho intramolecular Hbond substituents is 1. The molecule has 0 unspecified atom stereocenters. The topological polar surface area (TPSA) is 38.0 Å². The molecule has 0 spiro atoms. The first-order valence-corrected chi connectivity index (χ1v) is 7.33. The molecule has 0 saturated carbocycles. The Bertz CT molecular complexity index is 777. The maximum atomic E-state index is 10.2. The lowest BCUT2D eigenvalue weighted by Crippen LogP contribution is -2.03. The lowest BCUT2D eigenvalue weighted by molar-refractivity contribution is 0.475. The molecular formula is C16H15BrN2O. The molecule has 3 nitrogen and oxygen atoms in total. The largest absolute Gasteiger partial charge is 0.507 e. The van der Waals surface area contributed by atoms with Crippen molar-refractivity contribution in [1.82, 2.24) is 9.55 Å². The van der Waals surface area contributed by atoms with Crippen LogP contribution >= 0.6 is 15.9 Å². The van der Waals surface area contributed by atoms with E-state index in [9.17, 15) is 5.11 Å². The molecule has 3 rings (SSSR count). The van der Waals surface area contributed by atoms with Crippen molar-refractivity contribution in [2.24, 2.45) is 0 Å². The minimum atomic E-state index is 0.233. The van der Waals surface area contributed by atoms with Gasteiger partial charge >= 0.3 is 0 Å². The molecule has 0 saturated heterocycles. The van der Waals surface area contributed by atoms with E-state index >= 15 is 0 Å². The SMILES string of the molecule is CC(C)n1c(-c2ccc(Br)cc2O)nc2ccccc21. The van der Waals surface area contributed by atoms with Gasteiger partial charge in [-0.25, -0.2) is 4.98 Å². The Morgan fingerprint density at radius 2 is 1.90 bits per heavy atom. The summed E-state index contributed by atoms with van der Waals surface area (Å²) in [5.41, 5.74) is 2.77. The number of aromatic hydroxyl groups is 1. The number of phenols is 1. The summed E-state index contributed by atoms with van der Waals surface area (Å²) in [6, 6.07) is 13.8. The highest BCUT2D eigenvalue weighted by atomic mass is 79.9. The predicted molar refractivity (Wildman–Crippen MR) is 84.9 cm³/mol. The van der Waals surface area contributed by atoms with E-state index in [1.807, 2.05) is 30.3 Å². The molecule has 0 atom stereocenters. The fourth-order valence-electron chi connectivity index (χ4n) is 2.45. The first-order chi connectivity index (χ1) is 9.58. The number of hydrogen-bond acceptors (Lipinski definition) is 2. The summed E-state index contributed by atoms with van der Waals surface area (Å²) in [6.45, 7) is 4.24. The van der Waals surface area contributed by atoms with Gasteiger partial charge in [-0.3, -0.25) is 0 Å². The van der Waals surface area contributed by atoms with E-state index in [-0.39, 0.29) is 11.8 Å². The third-order valence-corrected chi connectivity index (χ3v) is 3.81. The second-order valence-electron chi connectivity index (χ2n) is 5.05. The van der Waals surface area contributed by atoms with E-state index in [0.717, 1.165) is 26.9 Å². The van der Waals surface area contributed by atoms with Gasteiger partial charge in [-0.05, 0) is 44.2 Å². The summed E-state index contributed by atoms with van der Waals surface area (Å²) in [7, 11) is 0. The zero-order valence-corrected chi connectivity index (χ0v) is 12.9. The maximum Gasteiger partial charge on any atom is 0.145 e. The fraction of sp³-hybridized carbons (Fsp3) is 0.188. The molecule has 0 fully saturated rings. The summed E-state index contributed by atoms with van der Waals surface area (Å²) < 4.78 is 3.00. The molecular weight excluding hydrogens is 316 g/mol. The molecule has 1 N–H and O–H groups in total. The third kappa shape index (κ3) is 2.10. The highest BCUT2D eigenvalue weighted by Gasteiger charge is 2.17. The van der Waals surface area contributed by atoms with Gasteiger partial charge in [0.2, 0.25) is 0 Å². The number of nitrogens with zero attached hydrogens (tertiary/aromatic N) is 2. The van der Waals surface area contributed by atoms with E-state index in [2.05, 4.69) is 45.4 Å². The molecule has 3 aromatic rings. The van der Waals surface area contributed by atoms with Crippen molar-refractivity contribution in [1.29, 1.82) is 0 Å². The highest BCUT2D eigenvalue weighted by Crippen LogP contribution is 2.34. The molecule has 0 amide bonds. The summed E-state index contributed by atoms with van der Waals surface area (Å²) in [5.74, 6) is 1.03. The summed E-state index contributed by atoms with van der Waals surface area (Å²) in [5, 5.41) is 10.2. The van der Waals surface area contributed by atoms with Crippen molar-refractivity contribution in [3.05, 3.63) is 46.9 Å². The van der Waals surface area contributed by atoms with Gasteiger partial charge in [-0.1, -0.05) is 28.1 Å². The first kappa shape index (κ1) is 13.2. The highest BCUT2D eigenvalue weighted by molar-refractivity contribution is 9.10. The van der Waals surface area contributed by atoms with Crippen LogP contribution in [0.2, 0.25) is 0 Å². The van der Waals surface area contributed by atoms with E-state index in [1.54, 1.807) is 6.07 Å². The van der Waals surface area contributed by atoms with Gasteiger partial charge in [0.25, 0.3) is 0 Å². The van der Waals surface area contributed by atoms with Crippen LogP contribution in [0.15, 0.2) is 46.9 Å². The lowest BCUT2D eigenvalue weighted by Gasteiger charge is -2.14. The molecule has 0 bridgehead atoms. The van der Waals surface area contributed by atoms with E-state index in [1.165, 1.54) is 0 Å². The van der Waals surface area contributed by atoms with Gasteiger partial charge in [0, 0.05) is 10.5 Å². The van der Waals surface area contributed by atoms with Gasteiger partial charge in [-0.15, -0.1) is 0 Å². The molecule has 1 aromatic heterocycles. The Labute approximate surface area is 126 Å². The molecule has 1 heterocycles. The molecule has 20 heavy (non-hydrogen) atoms. The van der Waals surface area contributed by atoms with Gasteiger partial charge in [0.1, 0.15) is 11.6 Å². The van der Waals surface area contributed by atoms with E-state index < -0.39 is 0 Å². The van der Waals surface area contributed by atoms with Crippen molar-refractivity contribution in [3.63, 3.8) is 0 Å². The maximum absolute atomic E-state index is 10.2. The minimum absolute atomic E-state index is 0.233. The zero-order chi connectivity index (χ0) is 14.3. The monoisotopic (exact) mass is 330 g/mol. The van der Waals surface area contributed by atoms with Gasteiger partial charge in [0.05, 0.1) is 16.6 Å². The van der Waals surface area contributed by atoms with Crippen LogP contribution in [-0.2, 0) is 0 Å². The van der Waals surface area contributed by atoms with Crippen LogP contribution in [0.1, 0.15) is 19.9 Å². The van der Waals surface area contributed by atoms with Crippen molar-refractivity contribution in [3.8, 4) is 17.1 Å². The first-order valence-electron chi connectivity index (χ1n) is 6.54. The van der Waals surface area contributed by atoms with Crippen molar-refractivity contribution < 1.29 is 5.11 Å². The van der Waals surface area contributed by atoms with Crippen LogP contribution in [0.4, 0.5) is 0 Å². The van der Waals surface area contributed by atoms with Crippen LogP contribution in [0.5, 0.6) is 5.75 Å². The van der Waals surface area contributed by atoms with Crippen LogP contribution in [0.3, 0.4) is 0 Å². The number of benzene rings is 2. The van der Waals surface area contributed by atoms with Crippen LogP contribution < -0.4 is 0 Å². The normalized spacial score (nSPS) is 11.4. The molecule has 0 aliphatic heterocycles.